The monoisotopic (exact) mass is 313 g/mol. The maximum Gasteiger partial charge on any atom is 0.322 e. The number of carboxylic acid groups (broad SMARTS) is 1. The number of carbonyl (C=O) groups is 2. The van der Waals surface area contributed by atoms with E-state index in [2.05, 4.69) is 10.0 Å². The van der Waals surface area contributed by atoms with E-state index in [0.29, 0.717) is 6.54 Å². The summed E-state index contributed by atoms with van der Waals surface area (Å²) in [5.41, 5.74) is -0.128. The second kappa shape index (κ2) is 8.22. The van der Waals surface area contributed by atoms with Crippen molar-refractivity contribution in [3.63, 3.8) is 0 Å². The molecule has 0 saturated heterocycles. The van der Waals surface area contributed by atoms with Crippen molar-refractivity contribution in [3.8, 4) is 0 Å². The minimum absolute atomic E-state index is 0.128. The van der Waals surface area contributed by atoms with Gasteiger partial charge in [0.1, 0.15) is 10.9 Å². The number of nitro groups is 1. The molecular weight excluding hydrogens is 298 g/mol. The molecule has 0 aromatic heterocycles. The van der Waals surface area contributed by atoms with Gasteiger partial charge in [-0.05, 0) is 24.9 Å². The van der Waals surface area contributed by atoms with Crippen molar-refractivity contribution in [2.45, 2.75) is 24.3 Å². The quantitative estimate of drug-likeness (QED) is 0.374. The number of nitrogens with one attached hydrogen (secondary N) is 2. The fourth-order valence-electron chi connectivity index (χ4n) is 1.46. The molecule has 0 fully saturated rings. The van der Waals surface area contributed by atoms with E-state index in [0.717, 1.165) is 11.9 Å². The molecule has 1 rings (SSSR count). The zero-order valence-electron chi connectivity index (χ0n) is 11.2. The van der Waals surface area contributed by atoms with Gasteiger partial charge in [-0.1, -0.05) is 12.1 Å². The van der Waals surface area contributed by atoms with Crippen molar-refractivity contribution >= 4 is 29.5 Å². The van der Waals surface area contributed by atoms with Gasteiger partial charge in [0.15, 0.2) is 0 Å². The molecule has 1 atom stereocenters. The van der Waals surface area contributed by atoms with Crippen molar-refractivity contribution in [1.82, 2.24) is 10.0 Å². The first-order valence-electron chi connectivity index (χ1n) is 6.11. The van der Waals surface area contributed by atoms with Crippen LogP contribution in [0.2, 0.25) is 0 Å². The average Bonchev–Trinajstić information content (AvgIpc) is 2.43. The lowest BCUT2D eigenvalue weighted by molar-refractivity contribution is -0.387. The fraction of sp³-hybridized carbons (Fsp3) is 0.333. The first kappa shape index (κ1) is 16.9. The molecule has 0 radical (unpaired) electrons. The number of para-hydroxylation sites is 1. The van der Waals surface area contributed by atoms with Crippen molar-refractivity contribution in [2.24, 2.45) is 0 Å². The predicted molar refractivity (Wildman–Crippen MR) is 76.8 cm³/mol. The number of nitro benzene ring substituents is 1. The number of carbonyl (C=O) groups excluding carboxylic acids is 1. The normalized spacial score (nSPS) is 11.7. The van der Waals surface area contributed by atoms with Crippen LogP contribution in [0.25, 0.3) is 0 Å². The first-order chi connectivity index (χ1) is 9.95. The number of nitrogens with zero attached hydrogens (tertiary/aromatic N) is 1. The smallest absolute Gasteiger partial charge is 0.322 e. The third kappa shape index (κ3) is 5.40. The highest BCUT2D eigenvalue weighted by molar-refractivity contribution is 7.97. The van der Waals surface area contributed by atoms with E-state index in [1.165, 1.54) is 18.2 Å². The molecule has 0 aliphatic rings. The molecule has 21 heavy (non-hydrogen) atoms. The van der Waals surface area contributed by atoms with Crippen LogP contribution >= 0.6 is 11.9 Å². The van der Waals surface area contributed by atoms with Gasteiger partial charge in [-0.25, -0.2) is 4.72 Å². The summed E-state index contributed by atoms with van der Waals surface area (Å²) in [5, 5.41) is 22.4. The maximum atomic E-state index is 11.4. The lowest BCUT2D eigenvalue weighted by Crippen LogP contribution is -2.38. The van der Waals surface area contributed by atoms with Crippen LogP contribution in [0.3, 0.4) is 0 Å². The van der Waals surface area contributed by atoms with Crippen LogP contribution in [0.1, 0.15) is 13.3 Å². The van der Waals surface area contributed by atoms with Crippen molar-refractivity contribution < 1.29 is 19.6 Å². The molecule has 0 aliphatic heterocycles. The van der Waals surface area contributed by atoms with Gasteiger partial charge in [0, 0.05) is 12.6 Å². The van der Waals surface area contributed by atoms with E-state index >= 15 is 0 Å². The second-order valence-electron chi connectivity index (χ2n) is 3.99. The van der Waals surface area contributed by atoms with Crippen LogP contribution < -0.4 is 10.0 Å². The van der Waals surface area contributed by atoms with Crippen LogP contribution in [0.5, 0.6) is 0 Å². The summed E-state index contributed by atoms with van der Waals surface area (Å²) in [5.74, 6) is -1.60. The summed E-state index contributed by atoms with van der Waals surface area (Å²) in [6, 6.07) is 4.81. The highest BCUT2D eigenvalue weighted by Gasteiger charge is 2.22. The number of rotatable bonds is 8. The van der Waals surface area contributed by atoms with Gasteiger partial charge < -0.3 is 10.4 Å². The Hall–Kier alpha value is -2.13. The Morgan fingerprint density at radius 1 is 1.43 bits per heavy atom. The van der Waals surface area contributed by atoms with Crippen LogP contribution in [0.15, 0.2) is 29.2 Å². The summed E-state index contributed by atoms with van der Waals surface area (Å²) >= 11 is 0.819. The fourth-order valence-corrected chi connectivity index (χ4v) is 2.31. The molecule has 1 aromatic carbocycles. The number of benzene rings is 1. The van der Waals surface area contributed by atoms with E-state index in [-0.39, 0.29) is 17.0 Å². The van der Waals surface area contributed by atoms with Crippen LogP contribution in [-0.4, -0.2) is 34.5 Å². The minimum Gasteiger partial charge on any atom is -0.480 e. The molecule has 114 valence electrons. The van der Waals surface area contributed by atoms with Crippen LogP contribution in [0, 0.1) is 10.1 Å². The molecule has 1 amide bonds. The van der Waals surface area contributed by atoms with E-state index < -0.39 is 22.8 Å². The minimum atomic E-state index is -1.20. The summed E-state index contributed by atoms with van der Waals surface area (Å²) in [7, 11) is 0. The third-order valence-electron chi connectivity index (χ3n) is 2.43. The highest BCUT2D eigenvalue weighted by Crippen LogP contribution is 2.27. The molecule has 0 saturated carbocycles. The lowest BCUT2D eigenvalue weighted by atomic mass is 10.2. The summed E-state index contributed by atoms with van der Waals surface area (Å²) < 4.78 is 2.57. The number of hydrogen-bond donors (Lipinski definition) is 3. The maximum absolute atomic E-state index is 11.4. The van der Waals surface area contributed by atoms with Crippen molar-refractivity contribution in [1.29, 1.82) is 0 Å². The molecule has 0 bridgehead atoms. The van der Waals surface area contributed by atoms with Gasteiger partial charge >= 0.3 is 5.97 Å². The van der Waals surface area contributed by atoms with E-state index in [9.17, 15) is 19.7 Å². The number of carboxylic acids is 1. The third-order valence-corrected chi connectivity index (χ3v) is 3.40. The molecule has 0 heterocycles. The largest absolute Gasteiger partial charge is 0.480 e. The first-order valence-corrected chi connectivity index (χ1v) is 6.92. The zero-order chi connectivity index (χ0) is 15.8. The Morgan fingerprint density at radius 2 is 2.10 bits per heavy atom. The van der Waals surface area contributed by atoms with Crippen molar-refractivity contribution in [3.05, 3.63) is 34.4 Å². The number of amides is 1. The molecule has 8 nitrogen and oxygen atoms in total. The van der Waals surface area contributed by atoms with E-state index in [1.54, 1.807) is 13.0 Å². The van der Waals surface area contributed by atoms with Gasteiger partial charge in [-0.3, -0.25) is 19.7 Å². The average molecular weight is 313 g/mol. The van der Waals surface area contributed by atoms with Gasteiger partial charge in [-0.2, -0.15) is 0 Å². The Morgan fingerprint density at radius 3 is 2.67 bits per heavy atom. The Kier molecular flexibility index (Phi) is 6.63. The molecule has 0 aliphatic carbocycles. The van der Waals surface area contributed by atoms with Gasteiger partial charge in [0.05, 0.1) is 11.3 Å². The SMILES string of the molecule is CCNC(=O)CC(NSc1ccccc1[N+](=O)[O-])C(=O)O. The second-order valence-corrected chi connectivity index (χ2v) is 4.87. The van der Waals surface area contributed by atoms with Gasteiger partial charge in [0.2, 0.25) is 5.91 Å². The molecular formula is C12H15N3O5S. The summed E-state index contributed by atoms with van der Waals surface area (Å²) in [6.07, 6.45) is -0.253. The molecule has 9 heteroatoms. The van der Waals surface area contributed by atoms with Crippen LogP contribution in [-0.2, 0) is 9.59 Å². The van der Waals surface area contributed by atoms with Crippen molar-refractivity contribution in [2.75, 3.05) is 6.54 Å². The molecule has 1 aromatic rings. The number of aliphatic carboxylic acids is 1. The Balaban J connectivity index is 2.72. The highest BCUT2D eigenvalue weighted by atomic mass is 32.2. The standard InChI is InChI=1S/C12H15N3O5S/c1-2-13-11(16)7-8(12(17)18)14-21-10-6-4-3-5-9(10)15(19)20/h3-6,8,14H,2,7H2,1H3,(H,13,16)(H,17,18). The number of hydrogen-bond acceptors (Lipinski definition) is 6. The van der Waals surface area contributed by atoms with Crippen LogP contribution in [0.4, 0.5) is 5.69 Å². The van der Waals surface area contributed by atoms with Gasteiger partial charge in [-0.15, -0.1) is 0 Å². The van der Waals surface area contributed by atoms with E-state index in [4.69, 9.17) is 5.11 Å². The Bertz CT molecular complexity index is 537. The lowest BCUT2D eigenvalue weighted by Gasteiger charge is -2.13. The summed E-state index contributed by atoms with van der Waals surface area (Å²) in [4.78, 5) is 33.1. The molecule has 0 spiro atoms. The topological polar surface area (TPSA) is 122 Å². The van der Waals surface area contributed by atoms with Gasteiger partial charge in [0.25, 0.3) is 5.69 Å². The molecule has 3 N–H and O–H groups in total. The van der Waals surface area contributed by atoms with E-state index in [1.807, 2.05) is 0 Å². The summed E-state index contributed by atoms with van der Waals surface area (Å²) in [6.45, 7) is 2.13. The Labute approximate surface area is 125 Å². The predicted octanol–water partition coefficient (Wildman–Crippen LogP) is 1.17. The molecule has 1 unspecified atom stereocenters. The zero-order valence-corrected chi connectivity index (χ0v) is 12.1.